The molecule has 7 nitrogen and oxygen atoms in total. The monoisotopic (exact) mass is 374 g/mol. The van der Waals surface area contributed by atoms with Gasteiger partial charge in [0.05, 0.1) is 24.9 Å². The summed E-state index contributed by atoms with van der Waals surface area (Å²) in [5.41, 5.74) is 5.43. The highest BCUT2D eigenvalue weighted by atomic mass is 16.5. The molecule has 1 aromatic carbocycles. The van der Waals surface area contributed by atoms with Crippen LogP contribution in [-0.2, 0) is 11.3 Å². The first-order valence-electron chi connectivity index (χ1n) is 9.47. The van der Waals surface area contributed by atoms with Crippen molar-refractivity contribution in [2.24, 2.45) is 0 Å². The number of fused-ring (bicyclic) bond motifs is 1. The topological polar surface area (TPSA) is 81.9 Å². The zero-order chi connectivity index (χ0) is 18.8. The molecule has 28 heavy (non-hydrogen) atoms. The van der Waals surface area contributed by atoms with Crippen LogP contribution in [0, 0.1) is 0 Å². The normalized spacial score (nSPS) is 15.1. The number of morpholine rings is 1. The van der Waals surface area contributed by atoms with Gasteiger partial charge >= 0.3 is 0 Å². The van der Waals surface area contributed by atoms with Crippen LogP contribution >= 0.6 is 0 Å². The average molecular weight is 374 g/mol. The number of ether oxygens (including phenoxy) is 1. The molecule has 1 aliphatic rings. The SMILES string of the molecule is c1cc(Nc2cc3[nH]c(-c4cn[nH]c4)cc3cn2)ccc1CN1CCOCC1. The van der Waals surface area contributed by atoms with E-state index >= 15 is 0 Å². The first-order chi connectivity index (χ1) is 13.8. The van der Waals surface area contributed by atoms with Crippen LogP contribution in [0.1, 0.15) is 5.56 Å². The highest BCUT2D eigenvalue weighted by Gasteiger charge is 2.10. The number of aromatic nitrogens is 4. The first-order valence-corrected chi connectivity index (χ1v) is 9.47. The minimum atomic E-state index is 0.814. The van der Waals surface area contributed by atoms with Crippen molar-refractivity contribution in [1.82, 2.24) is 25.1 Å². The van der Waals surface area contributed by atoms with Gasteiger partial charge in [-0.2, -0.15) is 5.10 Å². The summed E-state index contributed by atoms with van der Waals surface area (Å²) >= 11 is 0. The molecule has 0 amide bonds. The maximum atomic E-state index is 5.41. The molecule has 0 bridgehead atoms. The number of nitrogens with one attached hydrogen (secondary N) is 3. The van der Waals surface area contributed by atoms with Crippen LogP contribution in [0.15, 0.2) is 55.0 Å². The molecule has 3 N–H and O–H groups in total. The number of hydrogen-bond acceptors (Lipinski definition) is 5. The Balaban J connectivity index is 1.29. The number of hydrogen-bond donors (Lipinski definition) is 3. The largest absolute Gasteiger partial charge is 0.379 e. The molecule has 4 heterocycles. The van der Waals surface area contributed by atoms with Crippen molar-refractivity contribution in [3.8, 4) is 11.3 Å². The third-order valence-electron chi connectivity index (χ3n) is 5.05. The Morgan fingerprint density at radius 1 is 1.07 bits per heavy atom. The van der Waals surface area contributed by atoms with Crippen LogP contribution in [0.2, 0.25) is 0 Å². The second-order valence-electron chi connectivity index (χ2n) is 7.04. The zero-order valence-corrected chi connectivity index (χ0v) is 15.5. The quantitative estimate of drug-likeness (QED) is 0.498. The van der Waals surface area contributed by atoms with E-state index in [1.807, 2.05) is 18.5 Å². The summed E-state index contributed by atoms with van der Waals surface area (Å²) in [6.07, 6.45) is 5.55. The van der Waals surface area contributed by atoms with Crippen molar-refractivity contribution in [1.29, 1.82) is 0 Å². The van der Waals surface area contributed by atoms with E-state index in [0.29, 0.717) is 0 Å². The Bertz CT molecular complexity index is 1050. The maximum absolute atomic E-state index is 5.41. The predicted octanol–water partition coefficient (Wildman–Crippen LogP) is 3.53. The molecule has 1 fully saturated rings. The Hall–Kier alpha value is -3.16. The van der Waals surface area contributed by atoms with E-state index in [-0.39, 0.29) is 0 Å². The molecule has 142 valence electrons. The average Bonchev–Trinajstić information content (AvgIpc) is 3.39. The number of aromatic amines is 2. The molecule has 4 aromatic rings. The van der Waals surface area contributed by atoms with Crippen LogP contribution in [-0.4, -0.2) is 51.4 Å². The molecule has 7 heteroatoms. The molecule has 3 aromatic heterocycles. The number of H-pyrrole nitrogens is 2. The third kappa shape index (κ3) is 3.62. The molecule has 0 atom stereocenters. The van der Waals surface area contributed by atoms with E-state index in [2.05, 4.69) is 60.7 Å². The second kappa shape index (κ2) is 7.46. The minimum Gasteiger partial charge on any atom is -0.379 e. The van der Waals surface area contributed by atoms with E-state index < -0.39 is 0 Å². The van der Waals surface area contributed by atoms with Gasteiger partial charge in [0.15, 0.2) is 0 Å². The van der Waals surface area contributed by atoms with Gasteiger partial charge in [-0.05, 0) is 23.8 Å². The van der Waals surface area contributed by atoms with Crippen molar-refractivity contribution in [2.75, 3.05) is 31.6 Å². The molecule has 0 unspecified atom stereocenters. The lowest BCUT2D eigenvalue weighted by molar-refractivity contribution is 0.0342. The van der Waals surface area contributed by atoms with Gasteiger partial charge in [0.25, 0.3) is 0 Å². The molecular weight excluding hydrogens is 352 g/mol. The second-order valence-corrected chi connectivity index (χ2v) is 7.04. The molecule has 0 aliphatic carbocycles. The summed E-state index contributed by atoms with van der Waals surface area (Å²) in [6.45, 7) is 4.62. The van der Waals surface area contributed by atoms with Crippen molar-refractivity contribution in [2.45, 2.75) is 6.54 Å². The molecule has 0 radical (unpaired) electrons. The lowest BCUT2D eigenvalue weighted by atomic mass is 10.2. The summed E-state index contributed by atoms with van der Waals surface area (Å²) in [4.78, 5) is 10.4. The smallest absolute Gasteiger partial charge is 0.132 e. The highest BCUT2D eigenvalue weighted by molar-refractivity contribution is 5.87. The number of pyridine rings is 1. The standard InChI is InChI=1S/C21H22N6O/c1-3-18(4-2-15(1)14-27-5-7-28-8-6-27)25-21-10-20-16(11-22-21)9-19(26-20)17-12-23-24-13-17/h1-4,9-13,26H,5-8,14H2,(H,22,25)(H,23,24). The lowest BCUT2D eigenvalue weighted by Crippen LogP contribution is -2.35. The van der Waals surface area contributed by atoms with E-state index in [1.165, 1.54) is 5.56 Å². The van der Waals surface area contributed by atoms with E-state index in [4.69, 9.17) is 4.74 Å². The number of rotatable bonds is 5. The fraction of sp³-hybridized carbons (Fsp3) is 0.238. The number of benzene rings is 1. The number of anilines is 2. The summed E-state index contributed by atoms with van der Waals surface area (Å²) < 4.78 is 5.41. The molecule has 1 aliphatic heterocycles. The molecule has 1 saturated heterocycles. The van der Waals surface area contributed by atoms with Gasteiger partial charge in [0.2, 0.25) is 0 Å². The Morgan fingerprint density at radius 2 is 1.93 bits per heavy atom. The number of nitrogens with zero attached hydrogens (tertiary/aromatic N) is 3. The molecule has 5 rings (SSSR count). The van der Waals surface area contributed by atoms with Crippen molar-refractivity contribution in [3.05, 3.63) is 60.6 Å². The van der Waals surface area contributed by atoms with Crippen molar-refractivity contribution in [3.63, 3.8) is 0 Å². The van der Waals surface area contributed by atoms with Crippen LogP contribution < -0.4 is 5.32 Å². The molecule has 0 saturated carbocycles. The van der Waals surface area contributed by atoms with Gasteiger partial charge in [-0.1, -0.05) is 12.1 Å². The third-order valence-corrected chi connectivity index (χ3v) is 5.05. The van der Waals surface area contributed by atoms with Gasteiger partial charge in [0.1, 0.15) is 5.82 Å². The van der Waals surface area contributed by atoms with Crippen molar-refractivity contribution < 1.29 is 4.74 Å². The fourth-order valence-corrected chi connectivity index (χ4v) is 3.51. The van der Waals surface area contributed by atoms with E-state index in [1.54, 1.807) is 6.20 Å². The van der Waals surface area contributed by atoms with Gasteiger partial charge in [-0.15, -0.1) is 0 Å². The summed E-state index contributed by atoms with van der Waals surface area (Å²) in [5, 5.41) is 11.3. The van der Waals surface area contributed by atoms with Crippen LogP contribution in [0.5, 0.6) is 0 Å². The first kappa shape index (κ1) is 17.0. The van der Waals surface area contributed by atoms with Gasteiger partial charge in [0, 0.05) is 60.4 Å². The van der Waals surface area contributed by atoms with Crippen LogP contribution in [0.3, 0.4) is 0 Å². The Morgan fingerprint density at radius 3 is 2.71 bits per heavy atom. The Kier molecular flexibility index (Phi) is 4.52. The van der Waals surface area contributed by atoms with Gasteiger partial charge in [-0.3, -0.25) is 10.00 Å². The maximum Gasteiger partial charge on any atom is 0.132 e. The molecular formula is C21H22N6O. The minimum absolute atomic E-state index is 0.814. The summed E-state index contributed by atoms with van der Waals surface area (Å²) in [5.74, 6) is 0.814. The lowest BCUT2D eigenvalue weighted by Gasteiger charge is -2.26. The highest BCUT2D eigenvalue weighted by Crippen LogP contribution is 2.25. The van der Waals surface area contributed by atoms with E-state index in [0.717, 1.165) is 66.5 Å². The molecule has 0 spiro atoms. The van der Waals surface area contributed by atoms with Gasteiger partial charge < -0.3 is 15.0 Å². The van der Waals surface area contributed by atoms with E-state index in [9.17, 15) is 0 Å². The van der Waals surface area contributed by atoms with Crippen LogP contribution in [0.4, 0.5) is 11.5 Å². The predicted molar refractivity (Wildman–Crippen MR) is 109 cm³/mol. The van der Waals surface area contributed by atoms with Gasteiger partial charge in [-0.25, -0.2) is 4.98 Å². The van der Waals surface area contributed by atoms with Crippen molar-refractivity contribution >= 4 is 22.4 Å². The summed E-state index contributed by atoms with van der Waals surface area (Å²) in [7, 11) is 0. The van der Waals surface area contributed by atoms with Crippen LogP contribution in [0.25, 0.3) is 22.2 Å². The Labute approximate surface area is 162 Å². The zero-order valence-electron chi connectivity index (χ0n) is 15.5. The summed E-state index contributed by atoms with van der Waals surface area (Å²) in [6, 6.07) is 12.7. The fourth-order valence-electron chi connectivity index (χ4n) is 3.51.